The molecule has 9 heteroatoms. The normalized spacial score (nSPS) is 18.3. The summed E-state index contributed by atoms with van der Waals surface area (Å²) in [5.74, 6) is 0.0866. The number of piperidine rings is 1. The summed E-state index contributed by atoms with van der Waals surface area (Å²) in [6, 6.07) is 7.19. The molecule has 6 nitrogen and oxygen atoms in total. The molecule has 0 aliphatic carbocycles. The maximum atomic E-state index is 12.9. The fourth-order valence-electron chi connectivity index (χ4n) is 3.93. The monoisotopic (exact) mass is 419 g/mol. The summed E-state index contributed by atoms with van der Waals surface area (Å²) in [7, 11) is 0. The third kappa shape index (κ3) is 3.94. The number of aromatic nitrogens is 3. The first kappa shape index (κ1) is 20.5. The molecule has 1 fully saturated rings. The van der Waals surface area contributed by atoms with E-state index < -0.39 is 17.5 Å². The lowest BCUT2D eigenvalue weighted by Gasteiger charge is -2.35. The van der Waals surface area contributed by atoms with Crippen molar-refractivity contribution >= 4 is 11.5 Å². The van der Waals surface area contributed by atoms with Gasteiger partial charge in [0.25, 0.3) is 0 Å². The molecule has 0 saturated carbocycles. The van der Waals surface area contributed by atoms with Gasteiger partial charge < -0.3 is 10.4 Å². The summed E-state index contributed by atoms with van der Waals surface area (Å²) in [4.78, 5) is 2.41. The van der Waals surface area contributed by atoms with Crippen LogP contribution in [0.3, 0.4) is 0 Å². The van der Waals surface area contributed by atoms with Crippen LogP contribution in [0.5, 0.6) is 5.75 Å². The second-order valence-electron chi connectivity index (χ2n) is 7.94. The van der Waals surface area contributed by atoms with Gasteiger partial charge in [-0.25, -0.2) is 0 Å². The highest BCUT2D eigenvalue weighted by Crippen LogP contribution is 2.37. The highest BCUT2D eigenvalue weighted by molar-refractivity contribution is 5.81. The highest BCUT2D eigenvalue weighted by Gasteiger charge is 2.31. The van der Waals surface area contributed by atoms with E-state index in [0.29, 0.717) is 29.3 Å². The molecule has 1 atom stereocenters. The number of hydrogen-bond acceptors (Lipinski definition) is 5. The van der Waals surface area contributed by atoms with E-state index in [0.717, 1.165) is 32.0 Å². The van der Waals surface area contributed by atoms with Gasteiger partial charge in [-0.15, -0.1) is 10.2 Å². The topological polar surface area (TPSA) is 65.7 Å². The Bertz CT molecular complexity index is 1050. The smallest absolute Gasteiger partial charge is 0.416 e. The molecular weight excluding hydrogens is 395 g/mol. The minimum atomic E-state index is -4.52. The Labute approximate surface area is 172 Å². The zero-order valence-corrected chi connectivity index (χ0v) is 16.8. The zero-order valence-electron chi connectivity index (χ0n) is 16.8. The fourth-order valence-corrected chi connectivity index (χ4v) is 3.93. The number of rotatable bonds is 4. The van der Waals surface area contributed by atoms with E-state index in [-0.39, 0.29) is 11.6 Å². The van der Waals surface area contributed by atoms with E-state index in [1.54, 1.807) is 6.07 Å². The molecule has 1 aliphatic heterocycles. The number of phenols is 1. The van der Waals surface area contributed by atoms with E-state index in [1.807, 2.05) is 16.7 Å². The van der Waals surface area contributed by atoms with Gasteiger partial charge in [-0.2, -0.15) is 13.2 Å². The molecule has 3 aromatic rings. The van der Waals surface area contributed by atoms with Crippen LogP contribution < -0.4 is 5.32 Å². The van der Waals surface area contributed by atoms with Crippen LogP contribution in [0, 0.1) is 0 Å². The van der Waals surface area contributed by atoms with Gasteiger partial charge in [-0.3, -0.25) is 9.30 Å². The van der Waals surface area contributed by atoms with Crippen LogP contribution in [-0.4, -0.2) is 49.8 Å². The number of anilines is 1. The average molecular weight is 419 g/mol. The van der Waals surface area contributed by atoms with Crippen molar-refractivity contribution in [2.75, 3.05) is 18.4 Å². The van der Waals surface area contributed by atoms with Gasteiger partial charge in [0.15, 0.2) is 0 Å². The maximum Gasteiger partial charge on any atom is 0.416 e. The molecule has 1 aliphatic rings. The Morgan fingerprint density at radius 3 is 2.70 bits per heavy atom. The molecule has 2 N–H and O–H groups in total. The standard InChI is InChI=1S/C21H24F3N5O/c1-13(2)28-9-3-5-15(12-28)25-20-27-26-19(17-6-4-10-29(17)20)16-8-7-14(11-18(16)30)21(22,23)24/h4,6-8,10-11,13,15,30H,3,5,9,12H2,1-2H3,(H,25,27)/t15-/m1/s1. The van der Waals surface area contributed by atoms with Gasteiger partial charge in [0, 0.05) is 30.4 Å². The summed E-state index contributed by atoms with van der Waals surface area (Å²) >= 11 is 0. The third-order valence-electron chi connectivity index (χ3n) is 5.56. The number of fused-ring (bicyclic) bond motifs is 1. The maximum absolute atomic E-state index is 12.9. The predicted molar refractivity (Wildman–Crippen MR) is 108 cm³/mol. The number of phenolic OH excluding ortho intramolecular Hbond substituents is 1. The van der Waals surface area contributed by atoms with Crippen LogP contribution in [0.1, 0.15) is 32.3 Å². The van der Waals surface area contributed by atoms with Gasteiger partial charge in [-0.1, -0.05) is 0 Å². The van der Waals surface area contributed by atoms with E-state index in [1.165, 1.54) is 6.07 Å². The first-order valence-corrected chi connectivity index (χ1v) is 9.99. The Kier molecular flexibility index (Phi) is 5.31. The van der Waals surface area contributed by atoms with Crippen molar-refractivity contribution in [2.45, 2.75) is 44.9 Å². The van der Waals surface area contributed by atoms with Crippen LogP contribution in [0.25, 0.3) is 16.8 Å². The molecular formula is C21H24F3N5O. The quantitative estimate of drug-likeness (QED) is 0.656. The molecule has 1 saturated heterocycles. The number of hydrogen-bond donors (Lipinski definition) is 2. The predicted octanol–water partition coefficient (Wildman–Crippen LogP) is 4.41. The van der Waals surface area contributed by atoms with Crippen molar-refractivity contribution in [3.8, 4) is 17.0 Å². The molecule has 0 spiro atoms. The van der Waals surface area contributed by atoms with Gasteiger partial charge in [0.2, 0.25) is 5.95 Å². The Morgan fingerprint density at radius 2 is 2.00 bits per heavy atom. The number of nitrogens with one attached hydrogen (secondary N) is 1. The van der Waals surface area contributed by atoms with Crippen molar-refractivity contribution in [3.63, 3.8) is 0 Å². The molecule has 0 bridgehead atoms. The van der Waals surface area contributed by atoms with E-state index >= 15 is 0 Å². The first-order chi connectivity index (χ1) is 14.2. The molecule has 0 amide bonds. The molecule has 4 rings (SSSR count). The third-order valence-corrected chi connectivity index (χ3v) is 5.56. The van der Waals surface area contributed by atoms with Crippen molar-refractivity contribution in [1.82, 2.24) is 19.5 Å². The lowest BCUT2D eigenvalue weighted by atomic mass is 10.0. The lowest BCUT2D eigenvalue weighted by molar-refractivity contribution is -0.137. The Hall–Kier alpha value is -2.81. The van der Waals surface area contributed by atoms with Crippen LogP contribution >= 0.6 is 0 Å². The molecule has 1 aromatic carbocycles. The van der Waals surface area contributed by atoms with Crippen molar-refractivity contribution < 1.29 is 18.3 Å². The van der Waals surface area contributed by atoms with Crippen molar-refractivity contribution in [2.24, 2.45) is 0 Å². The Morgan fingerprint density at radius 1 is 1.20 bits per heavy atom. The number of halogens is 3. The number of alkyl halides is 3. The van der Waals surface area contributed by atoms with Crippen molar-refractivity contribution in [1.29, 1.82) is 0 Å². The lowest BCUT2D eigenvalue weighted by Crippen LogP contribution is -2.45. The average Bonchev–Trinajstić information content (AvgIpc) is 3.18. The molecule has 2 aromatic heterocycles. The molecule has 0 unspecified atom stereocenters. The number of aromatic hydroxyl groups is 1. The number of benzene rings is 1. The molecule has 3 heterocycles. The summed E-state index contributed by atoms with van der Waals surface area (Å²) in [6.07, 6.45) is -0.589. The molecule has 160 valence electrons. The summed E-state index contributed by atoms with van der Waals surface area (Å²) in [5.41, 5.74) is 0.270. The summed E-state index contributed by atoms with van der Waals surface area (Å²) in [6.45, 7) is 6.34. The van der Waals surface area contributed by atoms with Gasteiger partial charge in [0.05, 0.1) is 11.1 Å². The molecule has 30 heavy (non-hydrogen) atoms. The zero-order chi connectivity index (χ0) is 21.5. The summed E-state index contributed by atoms with van der Waals surface area (Å²) < 4.78 is 40.5. The van der Waals surface area contributed by atoms with Gasteiger partial charge in [-0.05, 0) is 63.6 Å². The van der Waals surface area contributed by atoms with E-state index in [4.69, 9.17) is 0 Å². The largest absolute Gasteiger partial charge is 0.507 e. The second kappa shape index (κ2) is 7.79. The van der Waals surface area contributed by atoms with Crippen LogP contribution in [0.4, 0.5) is 19.1 Å². The van der Waals surface area contributed by atoms with Gasteiger partial charge in [0.1, 0.15) is 11.4 Å². The van der Waals surface area contributed by atoms with E-state index in [2.05, 4.69) is 34.3 Å². The van der Waals surface area contributed by atoms with Crippen molar-refractivity contribution in [3.05, 3.63) is 42.1 Å². The second-order valence-corrected chi connectivity index (χ2v) is 7.94. The van der Waals surface area contributed by atoms with Crippen LogP contribution in [0.15, 0.2) is 36.5 Å². The minimum Gasteiger partial charge on any atom is -0.507 e. The van der Waals surface area contributed by atoms with Crippen LogP contribution in [0.2, 0.25) is 0 Å². The number of likely N-dealkylation sites (tertiary alicyclic amines) is 1. The van der Waals surface area contributed by atoms with E-state index in [9.17, 15) is 18.3 Å². The SMILES string of the molecule is CC(C)N1CCC[C@@H](Nc2nnc(-c3ccc(C(F)(F)F)cc3O)c3cccn23)C1. The summed E-state index contributed by atoms with van der Waals surface area (Å²) in [5, 5.41) is 22.2. The number of nitrogens with zero attached hydrogens (tertiary/aromatic N) is 4. The minimum absolute atomic E-state index is 0.203. The van der Waals surface area contributed by atoms with Gasteiger partial charge >= 0.3 is 6.18 Å². The fraction of sp³-hybridized carbons (Fsp3) is 0.429. The van der Waals surface area contributed by atoms with Crippen LogP contribution in [-0.2, 0) is 6.18 Å². The first-order valence-electron chi connectivity index (χ1n) is 9.99. The Balaban J connectivity index is 1.65. The molecule has 0 radical (unpaired) electrons. The highest BCUT2D eigenvalue weighted by atomic mass is 19.4.